The number of pyridine rings is 1. The van der Waals surface area contributed by atoms with Gasteiger partial charge in [0.2, 0.25) is 5.91 Å². The molecule has 1 aliphatic carbocycles. The van der Waals surface area contributed by atoms with E-state index in [1.807, 2.05) is 6.07 Å². The van der Waals surface area contributed by atoms with Crippen molar-refractivity contribution < 1.29 is 22.7 Å². The first-order chi connectivity index (χ1) is 16.8. The van der Waals surface area contributed by atoms with E-state index < -0.39 is 12.2 Å². The molecule has 188 valence electrons. The molecule has 1 saturated heterocycles. The lowest BCUT2D eigenvalue weighted by molar-refractivity contribution is -0.183. The second kappa shape index (κ2) is 9.78. The zero-order chi connectivity index (χ0) is 24.6. The maximum Gasteiger partial charge on any atom is 0.408 e. The molecule has 6 nitrogen and oxygen atoms in total. The Kier molecular flexibility index (Phi) is 6.72. The molecule has 1 atom stereocenters. The van der Waals surface area contributed by atoms with Crippen molar-refractivity contribution in [3.05, 3.63) is 47.7 Å². The summed E-state index contributed by atoms with van der Waals surface area (Å²) in [6.07, 6.45) is 1.94. The van der Waals surface area contributed by atoms with Crippen molar-refractivity contribution in [1.82, 2.24) is 9.88 Å². The average Bonchev–Trinajstić information content (AvgIpc) is 3.31. The van der Waals surface area contributed by atoms with Crippen LogP contribution >= 0.6 is 0 Å². The van der Waals surface area contributed by atoms with Crippen molar-refractivity contribution >= 4 is 23.1 Å². The number of ether oxygens (including phenoxy) is 1. The first-order valence-electron chi connectivity index (χ1n) is 12.3. The van der Waals surface area contributed by atoms with E-state index in [1.165, 1.54) is 11.0 Å². The second-order valence-corrected chi connectivity index (χ2v) is 9.73. The smallest absolute Gasteiger partial charge is 0.381 e. The zero-order valence-corrected chi connectivity index (χ0v) is 19.9. The number of rotatable bonds is 4. The van der Waals surface area contributed by atoms with Gasteiger partial charge in [0.05, 0.1) is 24.0 Å². The molecule has 0 radical (unpaired) electrons. The third-order valence-electron chi connectivity index (χ3n) is 7.54. The third-order valence-corrected chi connectivity index (χ3v) is 7.54. The fourth-order valence-corrected chi connectivity index (χ4v) is 5.68. The number of aromatic nitrogens is 1. The number of anilines is 3. The normalized spacial score (nSPS) is 23.7. The monoisotopic (exact) mass is 488 g/mol. The Hall–Kier alpha value is -2.65. The Bertz CT molecular complexity index is 1060. The Morgan fingerprint density at radius 1 is 1.14 bits per heavy atom. The van der Waals surface area contributed by atoms with Crippen LogP contribution in [0.5, 0.6) is 0 Å². The molecule has 2 fully saturated rings. The van der Waals surface area contributed by atoms with Crippen molar-refractivity contribution in [2.45, 2.75) is 63.4 Å². The van der Waals surface area contributed by atoms with Gasteiger partial charge >= 0.3 is 6.18 Å². The van der Waals surface area contributed by atoms with E-state index in [2.05, 4.69) is 10.3 Å². The van der Waals surface area contributed by atoms with Crippen molar-refractivity contribution in [3.8, 4) is 0 Å². The first-order valence-corrected chi connectivity index (χ1v) is 12.3. The van der Waals surface area contributed by atoms with Crippen molar-refractivity contribution in [2.75, 3.05) is 30.4 Å². The van der Waals surface area contributed by atoms with Crippen molar-refractivity contribution in [1.29, 1.82) is 0 Å². The molecule has 2 aliphatic heterocycles. The van der Waals surface area contributed by atoms with Crippen LogP contribution in [0.2, 0.25) is 0 Å². The van der Waals surface area contributed by atoms with Crippen LogP contribution in [0.1, 0.15) is 55.7 Å². The second-order valence-electron chi connectivity index (χ2n) is 9.73. The number of hydrogen-bond acceptors (Lipinski definition) is 5. The summed E-state index contributed by atoms with van der Waals surface area (Å²) < 4.78 is 48.2. The van der Waals surface area contributed by atoms with Crippen LogP contribution in [0.4, 0.5) is 30.4 Å². The molecular formula is C26H31F3N4O2. The van der Waals surface area contributed by atoms with Gasteiger partial charge in [-0.1, -0.05) is 12.1 Å². The topological polar surface area (TPSA) is 57.7 Å². The van der Waals surface area contributed by atoms with E-state index in [-0.39, 0.29) is 30.0 Å². The maximum absolute atomic E-state index is 14.2. The number of nitrogens with zero attached hydrogens (tertiary/aromatic N) is 3. The van der Waals surface area contributed by atoms with E-state index in [0.29, 0.717) is 43.1 Å². The summed E-state index contributed by atoms with van der Waals surface area (Å²) >= 11 is 0. The highest BCUT2D eigenvalue weighted by molar-refractivity contribution is 5.99. The molecule has 3 heterocycles. The summed E-state index contributed by atoms with van der Waals surface area (Å²) in [5, 5.41) is 3.26. The molecular weight excluding hydrogens is 457 g/mol. The van der Waals surface area contributed by atoms with Gasteiger partial charge in [0.15, 0.2) is 0 Å². The summed E-state index contributed by atoms with van der Waals surface area (Å²) in [7, 11) is 1.69. The SMILES string of the molecule is COC1CCC(C(=O)N2Cc3cccnc3Nc3ccc(C(N4CCCC4)C(F)(F)F)cc32)CC1. The quantitative estimate of drug-likeness (QED) is 0.609. The number of amides is 1. The van der Waals surface area contributed by atoms with Gasteiger partial charge in [0, 0.05) is 24.8 Å². The molecule has 3 aliphatic rings. The molecule has 1 unspecified atom stereocenters. The predicted octanol–water partition coefficient (Wildman–Crippen LogP) is 5.58. The highest BCUT2D eigenvalue weighted by Crippen LogP contribution is 2.44. The number of methoxy groups -OCH3 is 1. The van der Waals surface area contributed by atoms with Crippen molar-refractivity contribution in [2.24, 2.45) is 5.92 Å². The van der Waals surface area contributed by atoms with Crippen LogP contribution < -0.4 is 10.2 Å². The van der Waals surface area contributed by atoms with Gasteiger partial charge in [0.1, 0.15) is 11.9 Å². The Labute approximate surface area is 203 Å². The number of alkyl halides is 3. The molecule has 2 aromatic rings. The fraction of sp³-hybridized carbons (Fsp3) is 0.538. The Morgan fingerprint density at radius 2 is 1.89 bits per heavy atom. The molecule has 0 spiro atoms. The van der Waals surface area contributed by atoms with Gasteiger partial charge < -0.3 is 15.0 Å². The van der Waals surface area contributed by atoms with E-state index in [1.54, 1.807) is 36.4 Å². The maximum atomic E-state index is 14.2. The largest absolute Gasteiger partial charge is 0.408 e. The number of hydrogen-bond donors (Lipinski definition) is 1. The van der Waals surface area contributed by atoms with Gasteiger partial charge in [-0.3, -0.25) is 9.69 Å². The summed E-state index contributed by atoms with van der Waals surface area (Å²) in [4.78, 5) is 21.4. The number of carbonyl (C=O) groups is 1. The molecule has 0 bridgehead atoms. The minimum absolute atomic E-state index is 0.0545. The molecule has 1 saturated carbocycles. The summed E-state index contributed by atoms with van der Waals surface area (Å²) in [5.41, 5.74) is 2.07. The van der Waals surface area contributed by atoms with Crippen LogP contribution in [-0.4, -0.2) is 48.3 Å². The number of nitrogens with one attached hydrogen (secondary N) is 1. The number of benzene rings is 1. The van der Waals surface area contributed by atoms with E-state index in [0.717, 1.165) is 31.2 Å². The number of halogens is 3. The first kappa shape index (κ1) is 24.1. The predicted molar refractivity (Wildman–Crippen MR) is 128 cm³/mol. The number of fused-ring (bicyclic) bond motifs is 2. The lowest BCUT2D eigenvalue weighted by Gasteiger charge is -2.33. The van der Waals surface area contributed by atoms with Gasteiger partial charge in [-0.15, -0.1) is 0 Å². The summed E-state index contributed by atoms with van der Waals surface area (Å²) in [6, 6.07) is 6.76. The number of carbonyl (C=O) groups excluding carboxylic acids is 1. The van der Waals surface area contributed by atoms with Gasteiger partial charge in [-0.05, 0) is 75.4 Å². The van der Waals surface area contributed by atoms with Crippen LogP contribution in [0.15, 0.2) is 36.5 Å². The van der Waals surface area contributed by atoms with Crippen molar-refractivity contribution in [3.63, 3.8) is 0 Å². The molecule has 35 heavy (non-hydrogen) atoms. The molecule has 1 aromatic carbocycles. The third kappa shape index (κ3) is 4.89. The Balaban J connectivity index is 1.54. The fourth-order valence-electron chi connectivity index (χ4n) is 5.68. The Morgan fingerprint density at radius 3 is 2.57 bits per heavy atom. The van der Waals surface area contributed by atoms with E-state index in [9.17, 15) is 18.0 Å². The highest BCUT2D eigenvalue weighted by atomic mass is 19.4. The van der Waals surface area contributed by atoms with E-state index >= 15 is 0 Å². The molecule has 5 rings (SSSR count). The molecule has 1 amide bonds. The lowest BCUT2D eigenvalue weighted by atomic mass is 9.86. The van der Waals surface area contributed by atoms with Gasteiger partial charge in [0.25, 0.3) is 0 Å². The summed E-state index contributed by atoms with van der Waals surface area (Å²) in [5.74, 6) is 0.376. The standard InChI is InChI=1S/C26H31F3N4O2/c1-35-20-9-6-17(7-10-20)25(34)33-16-19-5-4-12-30-24(19)31-21-11-8-18(15-22(21)33)23(26(27,28)29)32-13-2-3-14-32/h4-5,8,11-12,15,17,20,23H,2-3,6-7,9-10,13-14,16H2,1H3,(H,30,31). The molecule has 1 N–H and O–H groups in total. The zero-order valence-electron chi connectivity index (χ0n) is 19.9. The lowest BCUT2D eigenvalue weighted by Crippen LogP contribution is -2.39. The average molecular weight is 489 g/mol. The minimum Gasteiger partial charge on any atom is -0.381 e. The minimum atomic E-state index is -4.41. The molecule has 9 heteroatoms. The number of likely N-dealkylation sites (tertiary alicyclic amines) is 1. The summed E-state index contributed by atoms with van der Waals surface area (Å²) in [6.45, 7) is 1.09. The highest BCUT2D eigenvalue weighted by Gasteiger charge is 2.46. The molecule has 1 aromatic heterocycles. The van der Waals surface area contributed by atoms with Gasteiger partial charge in [-0.25, -0.2) is 4.98 Å². The van der Waals surface area contributed by atoms with E-state index in [4.69, 9.17) is 4.74 Å². The van der Waals surface area contributed by atoms with Gasteiger partial charge in [-0.2, -0.15) is 13.2 Å². The van der Waals surface area contributed by atoms with Crippen LogP contribution in [0.25, 0.3) is 0 Å². The van der Waals surface area contributed by atoms with Crippen LogP contribution in [0, 0.1) is 5.92 Å². The van der Waals surface area contributed by atoms with Crippen LogP contribution in [-0.2, 0) is 16.1 Å². The van der Waals surface area contributed by atoms with Crippen LogP contribution in [0.3, 0.4) is 0 Å².